The van der Waals surface area contributed by atoms with Crippen molar-refractivity contribution in [2.24, 2.45) is 35.5 Å². The summed E-state index contributed by atoms with van der Waals surface area (Å²) in [6.07, 6.45) is 4.21. The van der Waals surface area contributed by atoms with E-state index in [1.165, 1.54) is 19.3 Å². The largest absolute Gasteiger partial charge is 0.0651 e. The van der Waals surface area contributed by atoms with Crippen molar-refractivity contribution in [3.63, 3.8) is 0 Å². The topological polar surface area (TPSA) is 0 Å². The number of hydrogen-bond donors (Lipinski definition) is 0. The molecule has 1 saturated carbocycles. The maximum atomic E-state index is 2.47. The predicted molar refractivity (Wildman–Crippen MR) is 68.8 cm³/mol. The monoisotopic (exact) mass is 210 g/mol. The van der Waals surface area contributed by atoms with Crippen molar-refractivity contribution in [1.29, 1.82) is 0 Å². The molecule has 90 valence electrons. The van der Waals surface area contributed by atoms with E-state index in [2.05, 4.69) is 41.5 Å². The van der Waals surface area contributed by atoms with E-state index in [9.17, 15) is 0 Å². The first-order valence-electron chi connectivity index (χ1n) is 7.02. The zero-order chi connectivity index (χ0) is 11.6. The molecule has 0 N–H and O–H groups in total. The van der Waals surface area contributed by atoms with Crippen molar-refractivity contribution in [1.82, 2.24) is 0 Å². The molecule has 0 aromatic rings. The number of rotatable bonds is 6. The zero-order valence-corrected chi connectivity index (χ0v) is 11.6. The first-order valence-corrected chi connectivity index (χ1v) is 7.02. The third-order valence-electron chi connectivity index (χ3n) is 5.31. The highest BCUT2D eigenvalue weighted by Gasteiger charge is 2.45. The third kappa shape index (κ3) is 2.98. The van der Waals surface area contributed by atoms with Crippen LogP contribution in [0, 0.1) is 35.5 Å². The van der Waals surface area contributed by atoms with Gasteiger partial charge in [-0.1, -0.05) is 54.4 Å². The summed E-state index contributed by atoms with van der Waals surface area (Å²) < 4.78 is 0. The lowest BCUT2D eigenvalue weighted by atomic mass is 9.80. The highest BCUT2D eigenvalue weighted by Crippen LogP contribution is 2.52. The van der Waals surface area contributed by atoms with Crippen LogP contribution in [0.15, 0.2) is 0 Å². The van der Waals surface area contributed by atoms with Crippen LogP contribution in [0.1, 0.15) is 60.8 Å². The molecule has 1 aliphatic rings. The highest BCUT2D eigenvalue weighted by atomic mass is 14.5. The van der Waals surface area contributed by atoms with Crippen molar-refractivity contribution in [3.8, 4) is 0 Å². The van der Waals surface area contributed by atoms with E-state index in [1.54, 1.807) is 0 Å². The fourth-order valence-corrected chi connectivity index (χ4v) is 3.28. The van der Waals surface area contributed by atoms with Crippen molar-refractivity contribution >= 4 is 0 Å². The molecule has 0 heterocycles. The van der Waals surface area contributed by atoms with E-state index in [0.29, 0.717) is 0 Å². The Labute approximate surface area is 96.8 Å². The molecule has 0 aliphatic heterocycles. The van der Waals surface area contributed by atoms with Gasteiger partial charge in [0.05, 0.1) is 0 Å². The summed E-state index contributed by atoms with van der Waals surface area (Å²) in [6.45, 7) is 14.4. The molecule has 0 amide bonds. The minimum absolute atomic E-state index is 0.897. The third-order valence-corrected chi connectivity index (χ3v) is 5.31. The minimum atomic E-state index is 0.897. The molecular formula is C15H30. The average molecular weight is 210 g/mol. The second-order valence-corrected chi connectivity index (χ2v) is 6.05. The van der Waals surface area contributed by atoms with Crippen LogP contribution in [0.4, 0.5) is 0 Å². The van der Waals surface area contributed by atoms with Gasteiger partial charge in [0.2, 0.25) is 0 Å². The highest BCUT2D eigenvalue weighted by molar-refractivity contribution is 4.94. The molecule has 0 radical (unpaired) electrons. The molecule has 0 aromatic heterocycles. The summed E-state index contributed by atoms with van der Waals surface area (Å²) in [6, 6.07) is 0. The van der Waals surface area contributed by atoms with Gasteiger partial charge in [0, 0.05) is 0 Å². The Morgan fingerprint density at radius 1 is 0.933 bits per heavy atom. The van der Waals surface area contributed by atoms with Crippen LogP contribution in [-0.2, 0) is 0 Å². The Bertz CT molecular complexity index is 184. The van der Waals surface area contributed by atoms with Crippen LogP contribution < -0.4 is 0 Å². The van der Waals surface area contributed by atoms with Gasteiger partial charge in [-0.05, 0) is 41.9 Å². The summed E-state index contributed by atoms with van der Waals surface area (Å²) in [7, 11) is 0. The molecule has 15 heavy (non-hydrogen) atoms. The Balaban J connectivity index is 2.33. The van der Waals surface area contributed by atoms with Crippen LogP contribution in [0.3, 0.4) is 0 Å². The van der Waals surface area contributed by atoms with Crippen molar-refractivity contribution < 1.29 is 0 Å². The molecule has 0 bridgehead atoms. The summed E-state index contributed by atoms with van der Waals surface area (Å²) in [5.41, 5.74) is 0. The summed E-state index contributed by atoms with van der Waals surface area (Å²) in [4.78, 5) is 0. The van der Waals surface area contributed by atoms with Crippen molar-refractivity contribution in [3.05, 3.63) is 0 Å². The van der Waals surface area contributed by atoms with E-state index >= 15 is 0 Å². The quantitative estimate of drug-likeness (QED) is 0.579. The molecular weight excluding hydrogens is 180 g/mol. The van der Waals surface area contributed by atoms with E-state index in [-0.39, 0.29) is 0 Å². The Morgan fingerprint density at radius 2 is 1.53 bits per heavy atom. The van der Waals surface area contributed by atoms with Gasteiger partial charge < -0.3 is 0 Å². The first-order chi connectivity index (χ1) is 7.02. The lowest BCUT2D eigenvalue weighted by Gasteiger charge is -2.25. The molecule has 0 nitrogen and oxygen atoms in total. The molecule has 6 atom stereocenters. The van der Waals surface area contributed by atoms with E-state index < -0.39 is 0 Å². The average Bonchev–Trinajstić information content (AvgIpc) is 2.85. The summed E-state index contributed by atoms with van der Waals surface area (Å²) in [5.74, 6) is 5.84. The Hall–Kier alpha value is 0. The van der Waals surface area contributed by atoms with E-state index in [4.69, 9.17) is 0 Å². The molecule has 0 saturated heterocycles. The first kappa shape index (κ1) is 13.1. The molecule has 1 aliphatic carbocycles. The smallest absolute Gasteiger partial charge is 0.0352 e. The standard InChI is InChI=1S/C15H30/c1-7-10(3)12(5)11(4)9-15-13(6)14(15)8-2/h10-15H,7-9H2,1-6H3. The Kier molecular flexibility index (Phi) is 4.67. The summed E-state index contributed by atoms with van der Waals surface area (Å²) >= 11 is 0. The van der Waals surface area contributed by atoms with Crippen molar-refractivity contribution in [2.75, 3.05) is 0 Å². The van der Waals surface area contributed by atoms with Gasteiger partial charge in [-0.25, -0.2) is 0 Å². The zero-order valence-electron chi connectivity index (χ0n) is 11.6. The maximum Gasteiger partial charge on any atom is -0.0352 e. The lowest BCUT2D eigenvalue weighted by molar-refractivity contribution is 0.247. The normalized spacial score (nSPS) is 36.0. The molecule has 0 aromatic carbocycles. The van der Waals surface area contributed by atoms with Crippen molar-refractivity contribution in [2.45, 2.75) is 60.8 Å². The van der Waals surface area contributed by atoms with Gasteiger partial charge in [0.15, 0.2) is 0 Å². The lowest BCUT2D eigenvalue weighted by Crippen LogP contribution is -2.16. The van der Waals surface area contributed by atoms with Gasteiger partial charge in [0.25, 0.3) is 0 Å². The maximum absolute atomic E-state index is 2.47. The van der Waals surface area contributed by atoms with Gasteiger partial charge in [0.1, 0.15) is 0 Å². The molecule has 0 heteroatoms. The molecule has 6 unspecified atom stereocenters. The number of hydrogen-bond acceptors (Lipinski definition) is 0. The molecule has 0 spiro atoms. The Morgan fingerprint density at radius 3 is 1.93 bits per heavy atom. The second kappa shape index (κ2) is 5.37. The fraction of sp³-hybridized carbons (Fsp3) is 1.00. The van der Waals surface area contributed by atoms with Gasteiger partial charge in [-0.2, -0.15) is 0 Å². The molecule has 1 rings (SSSR count). The second-order valence-electron chi connectivity index (χ2n) is 6.05. The van der Waals surface area contributed by atoms with Crippen LogP contribution in [0.25, 0.3) is 0 Å². The SMILES string of the molecule is CCC(C)C(C)C(C)CC1C(C)C1CC. The van der Waals surface area contributed by atoms with Gasteiger partial charge in [-0.15, -0.1) is 0 Å². The predicted octanol–water partition coefficient (Wildman–Crippen LogP) is 4.99. The fourth-order valence-electron chi connectivity index (χ4n) is 3.28. The molecule has 1 fully saturated rings. The van der Waals surface area contributed by atoms with E-state index in [0.717, 1.165) is 35.5 Å². The van der Waals surface area contributed by atoms with Crippen LogP contribution >= 0.6 is 0 Å². The van der Waals surface area contributed by atoms with Crippen LogP contribution in [0.5, 0.6) is 0 Å². The van der Waals surface area contributed by atoms with E-state index in [1.807, 2.05) is 0 Å². The van der Waals surface area contributed by atoms with Gasteiger partial charge in [-0.3, -0.25) is 0 Å². The minimum Gasteiger partial charge on any atom is -0.0651 e. The summed E-state index contributed by atoms with van der Waals surface area (Å²) in [5, 5.41) is 0. The van der Waals surface area contributed by atoms with Crippen LogP contribution in [-0.4, -0.2) is 0 Å². The van der Waals surface area contributed by atoms with Gasteiger partial charge >= 0.3 is 0 Å². The van der Waals surface area contributed by atoms with Crippen LogP contribution in [0.2, 0.25) is 0 Å².